The predicted octanol–water partition coefficient (Wildman–Crippen LogP) is 4.24. The first-order valence-corrected chi connectivity index (χ1v) is 8.74. The smallest absolute Gasteiger partial charge is 0.241 e. The van der Waals surface area contributed by atoms with Crippen LogP contribution >= 0.6 is 11.6 Å². The van der Waals surface area contributed by atoms with E-state index >= 15 is 0 Å². The first-order valence-electron chi connectivity index (χ1n) is 8.36. The van der Waals surface area contributed by atoms with E-state index in [1.165, 1.54) is 32.1 Å². The third-order valence-corrected chi connectivity index (χ3v) is 4.65. The highest BCUT2D eigenvalue weighted by Crippen LogP contribution is 2.21. The van der Waals surface area contributed by atoms with Crippen molar-refractivity contribution in [1.29, 1.82) is 5.26 Å². The number of amides is 1. The molecule has 23 heavy (non-hydrogen) atoms. The molecule has 0 heterocycles. The summed E-state index contributed by atoms with van der Waals surface area (Å²) in [5.41, 5.74) is 1.02. The summed E-state index contributed by atoms with van der Waals surface area (Å²) in [6, 6.07) is 7.10. The molecule has 2 rings (SSSR count). The molecule has 1 amide bonds. The average molecular weight is 334 g/mol. The van der Waals surface area contributed by atoms with Gasteiger partial charge < -0.3 is 10.6 Å². The maximum atomic E-state index is 12.3. The summed E-state index contributed by atoms with van der Waals surface area (Å²) in [7, 11) is 0. The van der Waals surface area contributed by atoms with Crippen LogP contribution < -0.4 is 10.6 Å². The number of carbonyl (C=O) groups excluding carboxylic acids is 1. The summed E-state index contributed by atoms with van der Waals surface area (Å²) in [6.07, 6.45) is 8.67. The number of halogens is 1. The summed E-state index contributed by atoms with van der Waals surface area (Å²) < 4.78 is 0. The van der Waals surface area contributed by atoms with Crippen LogP contribution in [0.15, 0.2) is 18.2 Å². The number of carbonyl (C=O) groups is 1. The Morgan fingerprint density at radius 1 is 1.26 bits per heavy atom. The van der Waals surface area contributed by atoms with Gasteiger partial charge in [0.25, 0.3) is 0 Å². The highest BCUT2D eigenvalue weighted by atomic mass is 35.5. The minimum absolute atomic E-state index is 0.0761. The number of nitriles is 1. The van der Waals surface area contributed by atoms with Crippen molar-refractivity contribution in [2.45, 2.75) is 64.0 Å². The van der Waals surface area contributed by atoms with Gasteiger partial charge in [-0.15, -0.1) is 0 Å². The van der Waals surface area contributed by atoms with Gasteiger partial charge in [-0.1, -0.05) is 43.7 Å². The Hall–Kier alpha value is -1.57. The molecular formula is C18H24ClN3O. The lowest BCUT2D eigenvalue weighted by atomic mass is 9.96. The van der Waals surface area contributed by atoms with Gasteiger partial charge in [0.2, 0.25) is 5.91 Å². The average Bonchev–Trinajstić information content (AvgIpc) is 2.50. The summed E-state index contributed by atoms with van der Waals surface area (Å²) in [6.45, 7) is 1.89. The number of nitrogens with zero attached hydrogens (tertiary/aromatic N) is 1. The van der Waals surface area contributed by atoms with E-state index in [0.717, 1.165) is 12.8 Å². The van der Waals surface area contributed by atoms with E-state index in [1.54, 1.807) is 18.2 Å². The van der Waals surface area contributed by atoms with Gasteiger partial charge in [0.1, 0.15) is 6.07 Å². The molecular weight excluding hydrogens is 310 g/mol. The van der Waals surface area contributed by atoms with Crippen molar-refractivity contribution in [1.82, 2.24) is 5.32 Å². The van der Waals surface area contributed by atoms with Crippen LogP contribution in [0, 0.1) is 11.3 Å². The fraction of sp³-hybridized carbons (Fsp3) is 0.556. The quantitative estimate of drug-likeness (QED) is 0.866. The van der Waals surface area contributed by atoms with Gasteiger partial charge in [-0.2, -0.15) is 5.26 Å². The van der Waals surface area contributed by atoms with Crippen LogP contribution in [-0.4, -0.2) is 18.0 Å². The molecule has 0 unspecified atom stereocenters. The van der Waals surface area contributed by atoms with Gasteiger partial charge in [0.05, 0.1) is 16.6 Å². The summed E-state index contributed by atoms with van der Waals surface area (Å²) in [5.74, 6) is -0.0761. The zero-order valence-corrected chi connectivity index (χ0v) is 14.3. The number of nitrogens with one attached hydrogen (secondary N) is 2. The minimum atomic E-state index is -0.256. The second-order valence-electron chi connectivity index (χ2n) is 6.23. The maximum absolute atomic E-state index is 12.3. The Balaban J connectivity index is 1.89. The van der Waals surface area contributed by atoms with Crippen molar-refractivity contribution in [3.05, 3.63) is 28.8 Å². The number of anilines is 1. The van der Waals surface area contributed by atoms with Crippen molar-refractivity contribution in [3.63, 3.8) is 0 Å². The molecule has 1 aliphatic rings. The van der Waals surface area contributed by atoms with Crippen LogP contribution in [0.3, 0.4) is 0 Å². The topological polar surface area (TPSA) is 64.9 Å². The lowest BCUT2D eigenvalue weighted by molar-refractivity contribution is -0.118. The molecule has 0 bridgehead atoms. The Morgan fingerprint density at radius 3 is 2.52 bits per heavy atom. The number of rotatable bonds is 4. The standard InChI is InChI=1S/C18H24ClN3O/c1-13(21-15-7-5-3-2-4-6-8-15)18(23)22-16-10-9-14(12-20)17(19)11-16/h9-11,13,15,21H,2-8H2,1H3,(H,22,23)/t13-/m1/s1. The van der Waals surface area contributed by atoms with Crippen LogP contribution in [0.25, 0.3) is 0 Å². The van der Waals surface area contributed by atoms with Crippen LogP contribution in [0.2, 0.25) is 5.02 Å². The van der Waals surface area contributed by atoms with Gasteiger partial charge in [0.15, 0.2) is 0 Å². The molecule has 2 N–H and O–H groups in total. The predicted molar refractivity (Wildman–Crippen MR) is 93.5 cm³/mol. The first-order chi connectivity index (χ1) is 11.1. The summed E-state index contributed by atoms with van der Waals surface area (Å²) in [5, 5.41) is 15.5. The molecule has 1 aromatic carbocycles. The molecule has 0 saturated heterocycles. The van der Waals surface area contributed by atoms with Crippen molar-refractivity contribution < 1.29 is 4.79 Å². The van der Waals surface area contributed by atoms with Gasteiger partial charge in [0, 0.05) is 11.7 Å². The van der Waals surface area contributed by atoms with Gasteiger partial charge in [-0.3, -0.25) is 4.79 Å². The lowest BCUT2D eigenvalue weighted by Gasteiger charge is -2.24. The molecule has 1 fully saturated rings. The van der Waals surface area contributed by atoms with Crippen molar-refractivity contribution in [2.75, 3.05) is 5.32 Å². The second kappa shape index (κ2) is 8.90. The van der Waals surface area contributed by atoms with Crippen LogP contribution in [0.1, 0.15) is 57.4 Å². The molecule has 1 aromatic rings. The first kappa shape index (κ1) is 17.8. The van der Waals surface area contributed by atoms with Gasteiger partial charge in [-0.25, -0.2) is 0 Å². The van der Waals surface area contributed by atoms with E-state index in [9.17, 15) is 4.79 Å². The van der Waals surface area contributed by atoms with E-state index in [1.807, 2.05) is 13.0 Å². The highest BCUT2D eigenvalue weighted by Gasteiger charge is 2.19. The fourth-order valence-electron chi connectivity index (χ4n) is 2.99. The molecule has 5 heteroatoms. The Morgan fingerprint density at radius 2 is 1.91 bits per heavy atom. The second-order valence-corrected chi connectivity index (χ2v) is 6.63. The summed E-state index contributed by atoms with van der Waals surface area (Å²) >= 11 is 5.99. The molecule has 0 aliphatic heterocycles. The molecule has 0 spiro atoms. The normalized spacial score (nSPS) is 17.6. The molecule has 4 nitrogen and oxygen atoms in total. The van der Waals surface area contributed by atoms with Gasteiger partial charge in [-0.05, 0) is 38.0 Å². The van der Waals surface area contributed by atoms with Crippen LogP contribution in [0.5, 0.6) is 0 Å². The molecule has 1 atom stereocenters. The molecule has 1 aliphatic carbocycles. The lowest BCUT2D eigenvalue weighted by Crippen LogP contribution is -2.44. The molecule has 0 radical (unpaired) electrons. The van der Waals surface area contributed by atoms with Crippen LogP contribution in [-0.2, 0) is 4.79 Å². The zero-order chi connectivity index (χ0) is 16.7. The minimum Gasteiger partial charge on any atom is -0.325 e. The zero-order valence-electron chi connectivity index (χ0n) is 13.6. The van der Waals surface area contributed by atoms with Crippen molar-refractivity contribution >= 4 is 23.2 Å². The number of hydrogen-bond acceptors (Lipinski definition) is 3. The SMILES string of the molecule is C[C@@H](NC1CCCCCCC1)C(=O)Nc1ccc(C#N)c(Cl)c1. The van der Waals surface area contributed by atoms with Crippen molar-refractivity contribution in [2.24, 2.45) is 0 Å². The number of benzene rings is 1. The van der Waals surface area contributed by atoms with E-state index in [0.29, 0.717) is 22.3 Å². The molecule has 1 saturated carbocycles. The third kappa shape index (κ3) is 5.53. The maximum Gasteiger partial charge on any atom is 0.241 e. The summed E-state index contributed by atoms with van der Waals surface area (Å²) in [4.78, 5) is 12.3. The van der Waals surface area contributed by atoms with E-state index < -0.39 is 0 Å². The van der Waals surface area contributed by atoms with E-state index in [2.05, 4.69) is 10.6 Å². The molecule has 0 aromatic heterocycles. The third-order valence-electron chi connectivity index (χ3n) is 4.34. The van der Waals surface area contributed by atoms with Crippen LogP contribution in [0.4, 0.5) is 5.69 Å². The monoisotopic (exact) mass is 333 g/mol. The van der Waals surface area contributed by atoms with Crippen molar-refractivity contribution in [3.8, 4) is 6.07 Å². The molecule has 124 valence electrons. The Labute approximate surface area is 143 Å². The Kier molecular flexibility index (Phi) is 6.88. The number of hydrogen-bond donors (Lipinski definition) is 2. The Bertz CT molecular complexity index is 574. The fourth-order valence-corrected chi connectivity index (χ4v) is 3.21. The van der Waals surface area contributed by atoms with E-state index in [4.69, 9.17) is 16.9 Å². The highest BCUT2D eigenvalue weighted by molar-refractivity contribution is 6.32. The van der Waals surface area contributed by atoms with E-state index in [-0.39, 0.29) is 11.9 Å². The largest absolute Gasteiger partial charge is 0.325 e. The van der Waals surface area contributed by atoms with Gasteiger partial charge >= 0.3 is 0 Å².